The molecule has 0 unspecified atom stereocenters. The van der Waals surface area contributed by atoms with Gasteiger partial charge in [-0.25, -0.2) is 5.32 Å². The number of carbonyl (C=O) groups excluding carboxylic acids is 1. The lowest BCUT2D eigenvalue weighted by Crippen LogP contribution is -2.34. The van der Waals surface area contributed by atoms with Gasteiger partial charge in [-0.05, 0) is 13.8 Å². The van der Waals surface area contributed by atoms with Crippen LogP contribution in [0.1, 0.15) is 13.8 Å². The lowest BCUT2D eigenvalue weighted by atomic mass is 10.4. The van der Waals surface area contributed by atoms with E-state index in [0.29, 0.717) is 6.54 Å². The van der Waals surface area contributed by atoms with Crippen molar-refractivity contribution >= 4 is 5.91 Å². The second-order valence-electron chi connectivity index (χ2n) is 2.04. The number of likely N-dealkylation sites (N-methyl/N-ethyl adjacent to an activating group) is 2. The van der Waals surface area contributed by atoms with Crippen molar-refractivity contribution in [3.8, 4) is 0 Å². The molecule has 3 nitrogen and oxygen atoms in total. The van der Waals surface area contributed by atoms with Gasteiger partial charge >= 0.3 is 0 Å². The average Bonchev–Trinajstić information content (AvgIpc) is 1.91. The molecule has 0 fully saturated rings. The molecule has 3 heteroatoms. The normalized spacial score (nSPS) is 9.50. The van der Waals surface area contributed by atoms with Crippen LogP contribution in [0.2, 0.25) is 0 Å². The molecule has 0 spiro atoms. The van der Waals surface area contributed by atoms with E-state index in [1.165, 1.54) is 0 Å². The Hall–Kier alpha value is -0.570. The summed E-state index contributed by atoms with van der Waals surface area (Å²) in [5, 5.41) is 3.76. The summed E-state index contributed by atoms with van der Waals surface area (Å²) in [6, 6.07) is 0. The standard InChI is InChI=1S/C7H15N2O/c1-4-9(5-2)7(10)6-8-3/h4-6H2,1-3H3. The molecule has 59 valence electrons. The fraction of sp³-hybridized carbons (Fsp3) is 0.857. The van der Waals surface area contributed by atoms with E-state index < -0.39 is 0 Å². The smallest absolute Gasteiger partial charge is 0.238 e. The fourth-order valence-electron chi connectivity index (χ4n) is 0.812. The molecule has 0 aromatic heterocycles. The molecule has 10 heavy (non-hydrogen) atoms. The zero-order valence-electron chi connectivity index (χ0n) is 6.92. The molecular formula is C7H15N2O. The highest BCUT2D eigenvalue weighted by Gasteiger charge is 2.06. The van der Waals surface area contributed by atoms with Crippen molar-refractivity contribution in [2.24, 2.45) is 0 Å². The predicted molar refractivity (Wildman–Crippen MR) is 40.9 cm³/mol. The highest BCUT2D eigenvalue weighted by molar-refractivity contribution is 5.78. The van der Waals surface area contributed by atoms with Gasteiger partial charge in [0.05, 0.1) is 6.54 Å². The molecule has 0 saturated heterocycles. The summed E-state index contributed by atoms with van der Waals surface area (Å²) in [7, 11) is 1.65. The zero-order chi connectivity index (χ0) is 7.98. The molecule has 0 aromatic carbocycles. The highest BCUT2D eigenvalue weighted by Crippen LogP contribution is 1.86. The summed E-state index contributed by atoms with van der Waals surface area (Å²) in [6.45, 7) is 5.82. The first-order chi connectivity index (χ1) is 4.76. The van der Waals surface area contributed by atoms with Crippen LogP contribution in [0, 0.1) is 0 Å². The van der Waals surface area contributed by atoms with Gasteiger partial charge < -0.3 is 4.90 Å². The Morgan fingerprint density at radius 3 is 2.20 bits per heavy atom. The Kier molecular flexibility index (Phi) is 4.94. The predicted octanol–water partition coefficient (Wildman–Crippen LogP) is 0.0890. The molecular weight excluding hydrogens is 128 g/mol. The lowest BCUT2D eigenvalue weighted by Gasteiger charge is -2.17. The van der Waals surface area contributed by atoms with E-state index in [0.717, 1.165) is 13.1 Å². The third-order valence-electron chi connectivity index (χ3n) is 1.41. The fourth-order valence-corrected chi connectivity index (χ4v) is 0.812. The van der Waals surface area contributed by atoms with Crippen molar-refractivity contribution < 1.29 is 4.79 Å². The molecule has 0 N–H and O–H groups in total. The Balaban J connectivity index is 3.65. The van der Waals surface area contributed by atoms with Crippen LogP contribution in [0.25, 0.3) is 0 Å². The van der Waals surface area contributed by atoms with E-state index in [1.807, 2.05) is 13.8 Å². The van der Waals surface area contributed by atoms with E-state index in [2.05, 4.69) is 5.32 Å². The minimum Gasteiger partial charge on any atom is -0.342 e. The van der Waals surface area contributed by atoms with E-state index in [1.54, 1.807) is 11.9 Å². The maximum Gasteiger partial charge on any atom is 0.238 e. The van der Waals surface area contributed by atoms with Gasteiger partial charge in [0.25, 0.3) is 0 Å². The van der Waals surface area contributed by atoms with Gasteiger partial charge in [-0.2, -0.15) is 0 Å². The van der Waals surface area contributed by atoms with Crippen molar-refractivity contribution in [2.45, 2.75) is 13.8 Å². The Morgan fingerprint density at radius 1 is 1.40 bits per heavy atom. The largest absolute Gasteiger partial charge is 0.342 e. The molecule has 0 aliphatic rings. The summed E-state index contributed by atoms with van der Waals surface area (Å²) in [5.74, 6) is 0.118. The number of amides is 1. The van der Waals surface area contributed by atoms with Crippen LogP contribution in [-0.2, 0) is 4.79 Å². The Labute approximate surface area is 62.4 Å². The van der Waals surface area contributed by atoms with Crippen LogP contribution in [-0.4, -0.2) is 37.5 Å². The second kappa shape index (κ2) is 5.23. The van der Waals surface area contributed by atoms with E-state index in [4.69, 9.17) is 0 Å². The van der Waals surface area contributed by atoms with Crippen molar-refractivity contribution in [1.82, 2.24) is 10.2 Å². The third kappa shape index (κ3) is 2.82. The Morgan fingerprint density at radius 2 is 1.90 bits per heavy atom. The summed E-state index contributed by atoms with van der Waals surface area (Å²) < 4.78 is 0. The van der Waals surface area contributed by atoms with Gasteiger partial charge in [-0.3, -0.25) is 4.79 Å². The average molecular weight is 143 g/mol. The van der Waals surface area contributed by atoms with Crippen molar-refractivity contribution in [3.05, 3.63) is 0 Å². The zero-order valence-corrected chi connectivity index (χ0v) is 6.92. The van der Waals surface area contributed by atoms with Crippen LogP contribution in [0.15, 0.2) is 0 Å². The summed E-state index contributed by atoms with van der Waals surface area (Å²) in [4.78, 5) is 12.8. The van der Waals surface area contributed by atoms with Crippen molar-refractivity contribution in [2.75, 3.05) is 26.7 Å². The maximum atomic E-state index is 11.0. The first kappa shape index (κ1) is 9.43. The van der Waals surface area contributed by atoms with Crippen molar-refractivity contribution in [3.63, 3.8) is 0 Å². The second-order valence-corrected chi connectivity index (χ2v) is 2.04. The summed E-state index contributed by atoms with van der Waals surface area (Å²) in [5.41, 5.74) is 0. The molecule has 1 radical (unpaired) electrons. The number of carbonyl (C=O) groups is 1. The van der Waals surface area contributed by atoms with E-state index >= 15 is 0 Å². The van der Waals surface area contributed by atoms with Crippen LogP contribution in [0.3, 0.4) is 0 Å². The molecule has 0 heterocycles. The number of hydrogen-bond acceptors (Lipinski definition) is 1. The van der Waals surface area contributed by atoms with Crippen LogP contribution in [0.4, 0.5) is 0 Å². The molecule has 0 aliphatic heterocycles. The van der Waals surface area contributed by atoms with Crippen LogP contribution >= 0.6 is 0 Å². The molecule has 0 rings (SSSR count). The lowest BCUT2D eigenvalue weighted by molar-refractivity contribution is -0.129. The monoisotopic (exact) mass is 143 g/mol. The summed E-state index contributed by atoms with van der Waals surface area (Å²) in [6.07, 6.45) is 0. The first-order valence-corrected chi connectivity index (χ1v) is 3.59. The Bertz CT molecular complexity index is 99.8. The van der Waals surface area contributed by atoms with Gasteiger partial charge in [-0.1, -0.05) is 0 Å². The first-order valence-electron chi connectivity index (χ1n) is 3.59. The van der Waals surface area contributed by atoms with Gasteiger partial charge in [0.15, 0.2) is 0 Å². The van der Waals surface area contributed by atoms with Gasteiger partial charge in [0.1, 0.15) is 0 Å². The van der Waals surface area contributed by atoms with Crippen LogP contribution in [0.5, 0.6) is 0 Å². The summed E-state index contributed by atoms with van der Waals surface area (Å²) >= 11 is 0. The van der Waals surface area contributed by atoms with E-state index in [-0.39, 0.29) is 5.91 Å². The molecule has 0 aliphatic carbocycles. The highest BCUT2D eigenvalue weighted by atomic mass is 16.2. The minimum absolute atomic E-state index is 0.118. The number of nitrogens with zero attached hydrogens (tertiary/aromatic N) is 2. The quantitative estimate of drug-likeness (QED) is 0.549. The molecule has 0 saturated carbocycles. The van der Waals surface area contributed by atoms with Gasteiger partial charge in [-0.15, -0.1) is 0 Å². The van der Waals surface area contributed by atoms with Gasteiger partial charge in [0, 0.05) is 20.1 Å². The minimum atomic E-state index is 0.118. The van der Waals surface area contributed by atoms with Gasteiger partial charge in [0.2, 0.25) is 5.91 Å². The molecule has 0 bridgehead atoms. The molecule has 0 atom stereocenters. The molecule has 0 aromatic rings. The maximum absolute atomic E-state index is 11.0. The van der Waals surface area contributed by atoms with E-state index in [9.17, 15) is 4.79 Å². The topological polar surface area (TPSA) is 34.4 Å². The number of hydrogen-bond donors (Lipinski definition) is 0. The van der Waals surface area contributed by atoms with Crippen LogP contribution < -0.4 is 5.32 Å². The molecule has 1 amide bonds. The van der Waals surface area contributed by atoms with Crippen molar-refractivity contribution in [1.29, 1.82) is 0 Å². The number of rotatable bonds is 4. The SMILES string of the molecule is CCN(CC)C(=O)C[N]C. The third-order valence-corrected chi connectivity index (χ3v) is 1.41.